The van der Waals surface area contributed by atoms with Gasteiger partial charge in [-0.15, -0.1) is 12.4 Å². The molecule has 0 aliphatic rings. The Balaban J connectivity index is 0.00000324. The third-order valence-corrected chi connectivity index (χ3v) is 2.70. The van der Waals surface area contributed by atoms with Crippen molar-refractivity contribution >= 4 is 18.3 Å². The van der Waals surface area contributed by atoms with Crippen molar-refractivity contribution in [1.29, 1.82) is 0 Å². The Kier molecular flexibility index (Phi) is 10.2. The quantitative estimate of drug-likeness (QED) is 0.740. The number of halogens is 1. The zero-order chi connectivity index (χ0) is 13.2. The molecule has 0 aromatic heterocycles. The van der Waals surface area contributed by atoms with Crippen LogP contribution in [0.4, 0.5) is 0 Å². The van der Waals surface area contributed by atoms with Crippen molar-refractivity contribution in [3.8, 4) is 0 Å². The summed E-state index contributed by atoms with van der Waals surface area (Å²) in [6.07, 6.45) is 0.533. The Morgan fingerprint density at radius 1 is 1.32 bits per heavy atom. The normalized spacial score (nSPS) is 9.79. The van der Waals surface area contributed by atoms with Crippen LogP contribution in [-0.2, 0) is 16.1 Å². The number of carbonyl (C=O) groups is 1. The summed E-state index contributed by atoms with van der Waals surface area (Å²) in [6.45, 7) is 2.51. The summed E-state index contributed by atoms with van der Waals surface area (Å²) < 4.78 is 5.54. The highest BCUT2D eigenvalue weighted by atomic mass is 35.5. The zero-order valence-corrected chi connectivity index (χ0v) is 12.4. The molecule has 0 fully saturated rings. The van der Waals surface area contributed by atoms with E-state index in [0.717, 1.165) is 5.56 Å². The van der Waals surface area contributed by atoms with Crippen molar-refractivity contribution in [3.05, 3.63) is 35.9 Å². The van der Waals surface area contributed by atoms with Gasteiger partial charge in [0.1, 0.15) is 0 Å². The molecule has 108 valence electrons. The minimum Gasteiger partial charge on any atom is -0.375 e. The lowest BCUT2D eigenvalue weighted by Crippen LogP contribution is -2.31. The number of nitrogens with zero attached hydrogens (tertiary/aromatic N) is 1. The van der Waals surface area contributed by atoms with Crippen LogP contribution < -0.4 is 5.32 Å². The van der Waals surface area contributed by atoms with Crippen molar-refractivity contribution in [2.24, 2.45) is 0 Å². The summed E-state index contributed by atoms with van der Waals surface area (Å²) in [6, 6.07) is 10.0. The number of rotatable bonds is 8. The molecule has 0 bridgehead atoms. The molecule has 0 saturated heterocycles. The molecular formula is C14H23ClN2O2. The van der Waals surface area contributed by atoms with Crippen LogP contribution in [0.25, 0.3) is 0 Å². The van der Waals surface area contributed by atoms with E-state index >= 15 is 0 Å². The number of benzene rings is 1. The minimum atomic E-state index is 0. The van der Waals surface area contributed by atoms with E-state index in [4.69, 9.17) is 4.74 Å². The second-order valence-corrected chi connectivity index (χ2v) is 4.21. The van der Waals surface area contributed by atoms with E-state index in [9.17, 15) is 4.79 Å². The lowest BCUT2D eigenvalue weighted by atomic mass is 10.2. The Morgan fingerprint density at radius 2 is 2.00 bits per heavy atom. The Hall–Kier alpha value is -1.10. The van der Waals surface area contributed by atoms with Crippen LogP contribution in [0.3, 0.4) is 0 Å². The molecule has 0 saturated carbocycles. The fourth-order valence-electron chi connectivity index (χ4n) is 1.51. The minimum absolute atomic E-state index is 0. The molecule has 4 nitrogen and oxygen atoms in total. The lowest BCUT2D eigenvalue weighted by molar-refractivity contribution is -0.130. The van der Waals surface area contributed by atoms with Gasteiger partial charge in [0.2, 0.25) is 5.91 Å². The summed E-state index contributed by atoms with van der Waals surface area (Å²) in [5, 5.41) is 2.96. The van der Waals surface area contributed by atoms with E-state index in [0.29, 0.717) is 32.7 Å². The number of amides is 1. The van der Waals surface area contributed by atoms with Crippen LogP contribution in [0.15, 0.2) is 30.3 Å². The van der Waals surface area contributed by atoms with Gasteiger partial charge in [0.05, 0.1) is 13.2 Å². The van der Waals surface area contributed by atoms with Gasteiger partial charge in [-0.2, -0.15) is 0 Å². The van der Waals surface area contributed by atoms with Gasteiger partial charge < -0.3 is 15.0 Å². The molecule has 0 aliphatic heterocycles. The van der Waals surface area contributed by atoms with Gasteiger partial charge in [-0.25, -0.2) is 0 Å². The predicted molar refractivity (Wildman–Crippen MR) is 79.5 cm³/mol. The largest absolute Gasteiger partial charge is 0.375 e. The molecule has 0 atom stereocenters. The van der Waals surface area contributed by atoms with E-state index in [1.54, 1.807) is 4.90 Å². The second-order valence-electron chi connectivity index (χ2n) is 4.21. The number of hydrogen-bond donors (Lipinski definition) is 1. The van der Waals surface area contributed by atoms with Crippen molar-refractivity contribution in [1.82, 2.24) is 10.2 Å². The molecule has 0 aliphatic carbocycles. The van der Waals surface area contributed by atoms with Crippen LogP contribution in [-0.4, -0.2) is 44.6 Å². The predicted octanol–water partition coefficient (Wildman–Crippen LogP) is 1.69. The van der Waals surface area contributed by atoms with Gasteiger partial charge in [-0.1, -0.05) is 30.3 Å². The molecule has 0 spiro atoms. The monoisotopic (exact) mass is 286 g/mol. The highest BCUT2D eigenvalue weighted by Gasteiger charge is 2.06. The molecule has 5 heteroatoms. The summed E-state index contributed by atoms with van der Waals surface area (Å²) in [7, 11) is 3.65. The Morgan fingerprint density at radius 3 is 2.63 bits per heavy atom. The first-order valence-electron chi connectivity index (χ1n) is 6.24. The van der Waals surface area contributed by atoms with Gasteiger partial charge >= 0.3 is 0 Å². The maximum Gasteiger partial charge on any atom is 0.223 e. The van der Waals surface area contributed by atoms with E-state index in [1.807, 2.05) is 44.4 Å². The van der Waals surface area contributed by atoms with E-state index < -0.39 is 0 Å². The van der Waals surface area contributed by atoms with Crippen molar-refractivity contribution in [2.75, 3.05) is 33.8 Å². The Bertz CT molecular complexity index is 347. The number of hydrogen-bond acceptors (Lipinski definition) is 3. The lowest BCUT2D eigenvalue weighted by Gasteiger charge is -2.17. The number of likely N-dealkylation sites (N-methyl/N-ethyl adjacent to an activating group) is 1. The maximum absolute atomic E-state index is 11.6. The van der Waals surface area contributed by atoms with Crippen LogP contribution in [0.1, 0.15) is 12.0 Å². The van der Waals surface area contributed by atoms with Crippen LogP contribution in [0, 0.1) is 0 Å². The molecular weight excluding hydrogens is 264 g/mol. The zero-order valence-electron chi connectivity index (χ0n) is 11.6. The molecule has 19 heavy (non-hydrogen) atoms. The standard InChI is InChI=1S/C14H22N2O2.ClH/c1-15-9-8-14(17)16(2)10-11-18-12-13-6-4-3-5-7-13;/h3-7,15H,8-12H2,1-2H3;1H. The average molecular weight is 287 g/mol. The van der Waals surface area contributed by atoms with Crippen LogP contribution in [0.2, 0.25) is 0 Å². The van der Waals surface area contributed by atoms with Crippen molar-refractivity contribution < 1.29 is 9.53 Å². The molecule has 1 aromatic rings. The third kappa shape index (κ3) is 7.82. The third-order valence-electron chi connectivity index (χ3n) is 2.70. The molecule has 1 amide bonds. The first-order chi connectivity index (χ1) is 8.74. The fourth-order valence-corrected chi connectivity index (χ4v) is 1.51. The van der Waals surface area contributed by atoms with E-state index in [2.05, 4.69) is 5.32 Å². The SMILES string of the molecule is CNCCC(=O)N(C)CCOCc1ccccc1.Cl. The Labute approximate surface area is 121 Å². The molecule has 0 heterocycles. The van der Waals surface area contributed by atoms with Crippen LogP contribution >= 0.6 is 12.4 Å². The summed E-state index contributed by atoms with van der Waals surface area (Å²) in [5.41, 5.74) is 1.15. The fraction of sp³-hybridized carbons (Fsp3) is 0.500. The van der Waals surface area contributed by atoms with Gasteiger partial charge in [0, 0.05) is 26.6 Å². The smallest absolute Gasteiger partial charge is 0.223 e. The van der Waals surface area contributed by atoms with Gasteiger partial charge in [-0.05, 0) is 12.6 Å². The van der Waals surface area contributed by atoms with Gasteiger partial charge in [0.15, 0.2) is 0 Å². The summed E-state index contributed by atoms with van der Waals surface area (Å²) >= 11 is 0. The summed E-state index contributed by atoms with van der Waals surface area (Å²) in [4.78, 5) is 13.3. The van der Waals surface area contributed by atoms with Gasteiger partial charge in [0.25, 0.3) is 0 Å². The van der Waals surface area contributed by atoms with Crippen LogP contribution in [0.5, 0.6) is 0 Å². The van der Waals surface area contributed by atoms with Crippen molar-refractivity contribution in [3.63, 3.8) is 0 Å². The molecule has 0 radical (unpaired) electrons. The van der Waals surface area contributed by atoms with E-state index in [1.165, 1.54) is 0 Å². The molecule has 1 aromatic carbocycles. The van der Waals surface area contributed by atoms with Gasteiger partial charge in [-0.3, -0.25) is 4.79 Å². The molecule has 0 unspecified atom stereocenters. The number of ether oxygens (including phenoxy) is 1. The molecule has 1 rings (SSSR count). The first kappa shape index (κ1) is 17.9. The average Bonchev–Trinajstić information content (AvgIpc) is 2.41. The number of carbonyl (C=O) groups excluding carboxylic acids is 1. The summed E-state index contributed by atoms with van der Waals surface area (Å²) in [5.74, 6) is 0.146. The molecule has 1 N–H and O–H groups in total. The highest BCUT2D eigenvalue weighted by molar-refractivity contribution is 5.85. The number of nitrogens with one attached hydrogen (secondary N) is 1. The topological polar surface area (TPSA) is 41.6 Å². The van der Waals surface area contributed by atoms with Crippen molar-refractivity contribution in [2.45, 2.75) is 13.0 Å². The van der Waals surface area contributed by atoms with E-state index in [-0.39, 0.29) is 18.3 Å². The first-order valence-corrected chi connectivity index (χ1v) is 6.24. The second kappa shape index (κ2) is 10.8. The highest BCUT2D eigenvalue weighted by Crippen LogP contribution is 2.00. The maximum atomic E-state index is 11.6.